The summed E-state index contributed by atoms with van der Waals surface area (Å²) in [6.07, 6.45) is -2.89. The second-order valence-electron chi connectivity index (χ2n) is 6.43. The molecule has 158 valence electrons. The smallest absolute Gasteiger partial charge is 0.406 e. The summed E-state index contributed by atoms with van der Waals surface area (Å²) in [5.41, 5.74) is 0.426. The first-order valence-electron chi connectivity index (χ1n) is 8.95. The van der Waals surface area contributed by atoms with E-state index in [9.17, 15) is 22.8 Å². The van der Waals surface area contributed by atoms with Gasteiger partial charge >= 0.3 is 6.36 Å². The van der Waals surface area contributed by atoms with Crippen LogP contribution in [0.1, 0.15) is 12.8 Å². The molecule has 4 N–H and O–H groups in total. The summed E-state index contributed by atoms with van der Waals surface area (Å²) in [5, 5.41) is 11.6. The molecule has 2 amide bonds. The molecule has 0 unspecified atom stereocenters. The summed E-state index contributed by atoms with van der Waals surface area (Å²) in [6.45, 7) is 1.72. The Hall–Kier alpha value is -2.44. The quantitative estimate of drug-likeness (QED) is 0.531. The van der Waals surface area contributed by atoms with E-state index in [1.54, 1.807) is 0 Å². The van der Waals surface area contributed by atoms with Crippen molar-refractivity contribution in [2.24, 2.45) is 0 Å². The van der Waals surface area contributed by atoms with E-state index in [0.717, 1.165) is 43.3 Å². The zero-order chi connectivity index (χ0) is 20.9. The van der Waals surface area contributed by atoms with E-state index in [-0.39, 0.29) is 35.9 Å². The number of carbonyl (C=O) groups excluding carboxylic acids is 2. The van der Waals surface area contributed by atoms with E-state index in [4.69, 9.17) is 0 Å². The highest BCUT2D eigenvalue weighted by atomic mass is 32.1. The van der Waals surface area contributed by atoms with Crippen LogP contribution in [0.25, 0.3) is 10.2 Å². The summed E-state index contributed by atoms with van der Waals surface area (Å²) >= 11 is 1.01. The van der Waals surface area contributed by atoms with Crippen LogP contribution in [0.2, 0.25) is 0 Å². The number of alkyl halides is 3. The summed E-state index contributed by atoms with van der Waals surface area (Å²) in [5.74, 6) is -1.14. The molecule has 0 radical (unpaired) electrons. The van der Waals surface area contributed by atoms with Crippen molar-refractivity contribution in [1.29, 1.82) is 0 Å². The standard InChI is InChI=1S/C17H20F3N5O3S/c18-17(19,20)28-11-1-2-12-13(7-11)29-16(24-12)25-15(27)9-23-14(26)8-22-10-3-5-21-6-4-10/h1-2,7,10,21-22H,3-6,8-9H2,(H,23,26)(H,24,25,27). The van der Waals surface area contributed by atoms with Gasteiger partial charge in [0.2, 0.25) is 11.8 Å². The molecule has 0 atom stereocenters. The second-order valence-corrected chi connectivity index (χ2v) is 7.46. The highest BCUT2D eigenvalue weighted by Gasteiger charge is 2.31. The van der Waals surface area contributed by atoms with E-state index < -0.39 is 12.3 Å². The predicted molar refractivity (Wildman–Crippen MR) is 102 cm³/mol. The molecule has 1 fully saturated rings. The molecule has 1 aliphatic rings. The van der Waals surface area contributed by atoms with Gasteiger partial charge in [-0.05, 0) is 38.1 Å². The Morgan fingerprint density at radius 3 is 2.69 bits per heavy atom. The van der Waals surface area contributed by atoms with Gasteiger partial charge in [-0.3, -0.25) is 9.59 Å². The predicted octanol–water partition coefficient (Wildman–Crippen LogP) is 1.59. The molecule has 0 spiro atoms. The Morgan fingerprint density at radius 1 is 1.21 bits per heavy atom. The average Bonchev–Trinajstić information content (AvgIpc) is 3.05. The minimum Gasteiger partial charge on any atom is -0.406 e. The number of hydrogen-bond acceptors (Lipinski definition) is 7. The molecule has 29 heavy (non-hydrogen) atoms. The number of benzene rings is 1. The van der Waals surface area contributed by atoms with E-state index in [1.165, 1.54) is 12.1 Å². The van der Waals surface area contributed by atoms with Crippen molar-refractivity contribution < 1.29 is 27.5 Å². The van der Waals surface area contributed by atoms with Crippen molar-refractivity contribution in [3.8, 4) is 5.75 Å². The molecule has 1 saturated heterocycles. The summed E-state index contributed by atoms with van der Waals surface area (Å²) in [4.78, 5) is 28.0. The van der Waals surface area contributed by atoms with E-state index in [1.807, 2.05) is 0 Å². The van der Waals surface area contributed by atoms with E-state index in [0.29, 0.717) is 10.2 Å². The molecule has 1 aliphatic heterocycles. The minimum atomic E-state index is -4.78. The number of rotatable bonds is 7. The molecule has 0 saturated carbocycles. The zero-order valence-corrected chi connectivity index (χ0v) is 16.1. The van der Waals surface area contributed by atoms with Gasteiger partial charge in [-0.25, -0.2) is 4.98 Å². The highest BCUT2D eigenvalue weighted by Crippen LogP contribution is 2.31. The Morgan fingerprint density at radius 2 is 1.97 bits per heavy atom. The third-order valence-corrected chi connectivity index (χ3v) is 5.11. The van der Waals surface area contributed by atoms with Crippen LogP contribution in [0.5, 0.6) is 5.75 Å². The van der Waals surface area contributed by atoms with Gasteiger partial charge in [-0.1, -0.05) is 11.3 Å². The SMILES string of the molecule is O=C(CNC1CCNCC1)NCC(=O)Nc1nc2ccc(OC(F)(F)F)cc2s1. The number of nitrogens with one attached hydrogen (secondary N) is 4. The van der Waals surface area contributed by atoms with Crippen molar-refractivity contribution in [3.63, 3.8) is 0 Å². The molecule has 2 aromatic rings. The molecular weight excluding hydrogens is 411 g/mol. The Kier molecular flexibility index (Phi) is 6.87. The van der Waals surface area contributed by atoms with Gasteiger partial charge in [0.25, 0.3) is 0 Å². The number of halogens is 3. The minimum absolute atomic E-state index is 0.126. The number of nitrogens with zero attached hydrogens (tertiary/aromatic N) is 1. The maximum absolute atomic E-state index is 12.3. The van der Waals surface area contributed by atoms with Gasteiger partial charge in [0.1, 0.15) is 5.75 Å². The van der Waals surface area contributed by atoms with Gasteiger partial charge in [-0.2, -0.15) is 0 Å². The average molecular weight is 431 g/mol. The lowest BCUT2D eigenvalue weighted by molar-refractivity contribution is -0.274. The van der Waals surface area contributed by atoms with Crippen molar-refractivity contribution in [2.75, 3.05) is 31.5 Å². The fraction of sp³-hybridized carbons (Fsp3) is 0.471. The van der Waals surface area contributed by atoms with Crippen LogP contribution in [0.3, 0.4) is 0 Å². The fourth-order valence-corrected chi connectivity index (χ4v) is 3.73. The molecule has 0 bridgehead atoms. The molecule has 3 rings (SSSR count). The molecule has 1 aromatic carbocycles. The number of anilines is 1. The molecule has 12 heteroatoms. The van der Waals surface area contributed by atoms with Crippen LogP contribution in [-0.2, 0) is 9.59 Å². The lowest BCUT2D eigenvalue weighted by Gasteiger charge is -2.23. The van der Waals surface area contributed by atoms with Gasteiger partial charge < -0.3 is 26.0 Å². The molecule has 2 heterocycles. The number of carbonyl (C=O) groups is 2. The van der Waals surface area contributed by atoms with E-state index >= 15 is 0 Å². The Bertz CT molecular complexity index is 868. The third-order valence-electron chi connectivity index (χ3n) is 4.18. The van der Waals surface area contributed by atoms with Gasteiger partial charge in [0, 0.05) is 12.1 Å². The van der Waals surface area contributed by atoms with Crippen LogP contribution >= 0.6 is 11.3 Å². The van der Waals surface area contributed by atoms with E-state index in [2.05, 4.69) is 31.0 Å². The number of hydrogen-bond donors (Lipinski definition) is 4. The molecule has 0 aliphatic carbocycles. The lowest BCUT2D eigenvalue weighted by Crippen LogP contribution is -2.45. The van der Waals surface area contributed by atoms with Crippen molar-refractivity contribution in [1.82, 2.24) is 20.9 Å². The van der Waals surface area contributed by atoms with Crippen molar-refractivity contribution in [3.05, 3.63) is 18.2 Å². The first-order valence-corrected chi connectivity index (χ1v) is 9.77. The first-order chi connectivity index (χ1) is 13.8. The second kappa shape index (κ2) is 9.37. The van der Waals surface area contributed by atoms with Crippen LogP contribution in [0.15, 0.2) is 18.2 Å². The summed E-state index contributed by atoms with van der Waals surface area (Å²) < 4.78 is 41.2. The van der Waals surface area contributed by atoms with Gasteiger partial charge in [-0.15, -0.1) is 13.2 Å². The fourth-order valence-electron chi connectivity index (χ4n) is 2.82. The monoisotopic (exact) mass is 431 g/mol. The maximum Gasteiger partial charge on any atom is 0.573 e. The Balaban J connectivity index is 1.46. The zero-order valence-electron chi connectivity index (χ0n) is 15.3. The molecule has 8 nitrogen and oxygen atoms in total. The van der Waals surface area contributed by atoms with Gasteiger partial charge in [0.05, 0.1) is 23.3 Å². The topological polar surface area (TPSA) is 104 Å². The van der Waals surface area contributed by atoms with Crippen LogP contribution in [-0.4, -0.2) is 55.4 Å². The van der Waals surface area contributed by atoms with Crippen molar-refractivity contribution in [2.45, 2.75) is 25.2 Å². The van der Waals surface area contributed by atoms with Crippen molar-refractivity contribution >= 4 is 38.5 Å². The van der Waals surface area contributed by atoms with Crippen LogP contribution in [0, 0.1) is 0 Å². The number of piperidine rings is 1. The van der Waals surface area contributed by atoms with Crippen LogP contribution < -0.4 is 26.0 Å². The summed E-state index contributed by atoms with van der Waals surface area (Å²) in [7, 11) is 0. The number of fused-ring (bicyclic) bond motifs is 1. The summed E-state index contributed by atoms with van der Waals surface area (Å²) in [6, 6.07) is 4.00. The number of thiazole rings is 1. The number of ether oxygens (including phenoxy) is 1. The maximum atomic E-state index is 12.3. The third kappa shape index (κ3) is 6.84. The Labute approximate surface area is 168 Å². The highest BCUT2D eigenvalue weighted by molar-refractivity contribution is 7.22. The largest absolute Gasteiger partial charge is 0.573 e. The lowest BCUT2D eigenvalue weighted by atomic mass is 10.1. The first kappa shape index (κ1) is 21.3. The normalized spacial score (nSPS) is 15.3. The van der Waals surface area contributed by atoms with Gasteiger partial charge in [0.15, 0.2) is 5.13 Å². The van der Waals surface area contributed by atoms with Crippen LogP contribution in [0.4, 0.5) is 18.3 Å². The molecular formula is C17H20F3N5O3S. The number of aromatic nitrogens is 1. The number of amides is 2. The molecule has 1 aromatic heterocycles.